The molecule has 1 amide bonds. The zero-order chi connectivity index (χ0) is 28.3. The summed E-state index contributed by atoms with van der Waals surface area (Å²) in [6.45, 7) is 4.49. The van der Waals surface area contributed by atoms with E-state index in [4.69, 9.17) is 9.47 Å². The first-order valence-electron chi connectivity index (χ1n) is 12.9. The fraction of sp³-hybridized carbons (Fsp3) is 0.542. The standard InChI is InChI=1S/C24H32N6O7S3/c1-28-7-9-30(10-8-28)40(34,35)21-16-25-24(38-21)26-23(31)22(27-29-11-14-36-15-12-29)18-2-4-19(5-3-18)39(32,33)20-6-13-37-17-20/h2-5,16,20H,6-15,17H2,1H3,(H,25,26,31)/t20-/m0/s1. The summed E-state index contributed by atoms with van der Waals surface area (Å²) in [4.78, 5) is 19.8. The largest absolute Gasteiger partial charge is 0.380 e. The number of hydrogen-bond acceptors (Lipinski definition) is 12. The van der Waals surface area contributed by atoms with Crippen LogP contribution in [0.25, 0.3) is 0 Å². The van der Waals surface area contributed by atoms with Crippen LogP contribution in [0.5, 0.6) is 0 Å². The van der Waals surface area contributed by atoms with E-state index in [1.807, 2.05) is 7.05 Å². The van der Waals surface area contributed by atoms with Crippen molar-refractivity contribution in [3.63, 3.8) is 0 Å². The quantitative estimate of drug-likeness (QED) is 0.413. The molecule has 40 heavy (non-hydrogen) atoms. The summed E-state index contributed by atoms with van der Waals surface area (Å²) in [5, 5.41) is 8.45. The number of ether oxygens (including phenoxy) is 2. The minimum absolute atomic E-state index is 0.0458. The number of carbonyl (C=O) groups is 1. The highest BCUT2D eigenvalue weighted by molar-refractivity contribution is 7.92. The number of thiazole rings is 1. The third kappa shape index (κ3) is 6.37. The van der Waals surface area contributed by atoms with E-state index in [1.165, 1.54) is 22.6 Å². The van der Waals surface area contributed by atoms with Crippen molar-refractivity contribution in [2.24, 2.45) is 5.10 Å². The molecule has 3 aliphatic rings. The van der Waals surface area contributed by atoms with Crippen LogP contribution in [0, 0.1) is 0 Å². The molecule has 0 saturated carbocycles. The number of likely N-dealkylation sites (N-methyl/N-ethyl adjacent to an activating group) is 1. The Morgan fingerprint density at radius 3 is 2.35 bits per heavy atom. The molecule has 13 nitrogen and oxygen atoms in total. The van der Waals surface area contributed by atoms with Gasteiger partial charge in [0, 0.05) is 38.3 Å². The Hall–Kier alpha value is -2.47. The molecule has 1 aromatic carbocycles. The van der Waals surface area contributed by atoms with Gasteiger partial charge in [-0.3, -0.25) is 15.1 Å². The lowest BCUT2D eigenvalue weighted by Gasteiger charge is -2.30. The second kappa shape index (κ2) is 12.2. The summed E-state index contributed by atoms with van der Waals surface area (Å²) in [6, 6.07) is 6.03. The number of rotatable bonds is 8. The second-order valence-electron chi connectivity index (χ2n) is 9.72. The SMILES string of the molecule is CN1CCN(S(=O)(=O)c2cnc(NC(=O)C(=NN3CCOCC3)c3ccc(S(=O)(=O)[C@H]4CCOC4)cc3)s2)CC1. The van der Waals surface area contributed by atoms with Crippen LogP contribution in [0.15, 0.2) is 44.7 Å². The summed E-state index contributed by atoms with van der Waals surface area (Å²) < 4.78 is 64.2. The van der Waals surface area contributed by atoms with Crippen LogP contribution in [0.1, 0.15) is 12.0 Å². The van der Waals surface area contributed by atoms with E-state index < -0.39 is 31.0 Å². The maximum absolute atomic E-state index is 13.4. The minimum atomic E-state index is -3.73. The third-order valence-electron chi connectivity index (χ3n) is 6.99. The molecule has 3 saturated heterocycles. The summed E-state index contributed by atoms with van der Waals surface area (Å²) in [5.74, 6) is -0.593. The highest BCUT2D eigenvalue weighted by Gasteiger charge is 2.32. The van der Waals surface area contributed by atoms with Gasteiger partial charge in [-0.25, -0.2) is 21.8 Å². The van der Waals surface area contributed by atoms with Crippen LogP contribution in [-0.4, -0.2) is 126 Å². The number of amides is 1. The molecule has 0 radical (unpaired) electrons. The molecule has 0 unspecified atom stereocenters. The van der Waals surface area contributed by atoms with E-state index in [0.717, 1.165) is 11.3 Å². The monoisotopic (exact) mass is 612 g/mol. The van der Waals surface area contributed by atoms with Gasteiger partial charge in [0.05, 0.1) is 49.3 Å². The summed E-state index contributed by atoms with van der Waals surface area (Å²) in [6.07, 6.45) is 1.69. The second-order valence-corrected chi connectivity index (χ2v) is 15.1. The maximum atomic E-state index is 13.4. The van der Waals surface area contributed by atoms with E-state index in [2.05, 4.69) is 20.3 Å². The molecule has 16 heteroatoms. The predicted molar refractivity (Wildman–Crippen MR) is 149 cm³/mol. The van der Waals surface area contributed by atoms with Gasteiger partial charge in [-0.05, 0) is 25.6 Å². The Morgan fingerprint density at radius 1 is 1.00 bits per heavy atom. The first-order valence-corrected chi connectivity index (χ1v) is 16.7. The lowest BCUT2D eigenvalue weighted by Crippen LogP contribution is -2.46. The van der Waals surface area contributed by atoms with Gasteiger partial charge in [0.15, 0.2) is 24.9 Å². The number of anilines is 1. The topological polar surface area (TPSA) is 151 Å². The zero-order valence-electron chi connectivity index (χ0n) is 22.1. The van der Waals surface area contributed by atoms with Crippen LogP contribution >= 0.6 is 11.3 Å². The molecule has 4 heterocycles. The smallest absolute Gasteiger partial charge is 0.278 e. The van der Waals surface area contributed by atoms with Gasteiger partial charge in [-0.1, -0.05) is 23.5 Å². The molecule has 0 spiro atoms. The Morgan fingerprint density at radius 2 is 1.70 bits per heavy atom. The number of piperazine rings is 1. The fourth-order valence-corrected chi connectivity index (χ4v) is 8.72. The molecule has 2 aromatic rings. The first kappa shape index (κ1) is 29.0. The molecule has 1 N–H and O–H groups in total. The number of hydrazone groups is 1. The van der Waals surface area contributed by atoms with Crippen molar-refractivity contribution in [3.8, 4) is 0 Å². The van der Waals surface area contributed by atoms with Gasteiger partial charge in [0.1, 0.15) is 0 Å². The van der Waals surface area contributed by atoms with Crippen LogP contribution in [0.4, 0.5) is 5.13 Å². The van der Waals surface area contributed by atoms with E-state index in [1.54, 1.807) is 17.1 Å². The van der Waals surface area contributed by atoms with Crippen molar-refractivity contribution < 1.29 is 31.1 Å². The molecule has 1 atom stereocenters. The van der Waals surface area contributed by atoms with Gasteiger partial charge in [-0.15, -0.1) is 0 Å². The number of sulfonamides is 1. The molecule has 5 rings (SSSR count). The summed E-state index contributed by atoms with van der Waals surface area (Å²) in [7, 11) is -5.35. The molecule has 3 fully saturated rings. The normalized spacial score (nSPS) is 22.0. The molecule has 3 aliphatic heterocycles. The number of morpholine rings is 1. The average molecular weight is 613 g/mol. The lowest BCUT2D eigenvalue weighted by atomic mass is 10.1. The first-order chi connectivity index (χ1) is 19.1. The number of carbonyl (C=O) groups excluding carboxylic acids is 1. The Balaban J connectivity index is 1.36. The van der Waals surface area contributed by atoms with Crippen LogP contribution in [0.3, 0.4) is 0 Å². The number of benzene rings is 1. The van der Waals surface area contributed by atoms with E-state index >= 15 is 0 Å². The van der Waals surface area contributed by atoms with Gasteiger partial charge in [-0.2, -0.15) is 9.41 Å². The van der Waals surface area contributed by atoms with Crippen LogP contribution in [-0.2, 0) is 34.1 Å². The van der Waals surface area contributed by atoms with Gasteiger partial charge in [0.2, 0.25) is 0 Å². The Kier molecular flexibility index (Phi) is 8.84. The molecule has 0 aliphatic carbocycles. The Labute approximate surface area is 237 Å². The third-order valence-corrected chi connectivity index (χ3v) is 12.4. The summed E-state index contributed by atoms with van der Waals surface area (Å²) >= 11 is 0.875. The van der Waals surface area contributed by atoms with Crippen molar-refractivity contribution >= 4 is 47.9 Å². The number of nitrogens with one attached hydrogen (secondary N) is 1. The zero-order valence-corrected chi connectivity index (χ0v) is 24.5. The van der Waals surface area contributed by atoms with Crippen LogP contribution < -0.4 is 5.32 Å². The highest BCUT2D eigenvalue weighted by atomic mass is 32.2. The molecular formula is C24H32N6O7S3. The van der Waals surface area contributed by atoms with Crippen molar-refractivity contribution in [1.82, 2.24) is 19.2 Å². The van der Waals surface area contributed by atoms with Crippen molar-refractivity contribution in [1.29, 1.82) is 0 Å². The molecule has 0 bridgehead atoms. The molecule has 1 aromatic heterocycles. The number of sulfone groups is 1. The predicted octanol–water partition coefficient (Wildman–Crippen LogP) is 0.317. The van der Waals surface area contributed by atoms with Gasteiger partial charge < -0.3 is 14.4 Å². The van der Waals surface area contributed by atoms with E-state index in [0.29, 0.717) is 71.1 Å². The fourth-order valence-electron chi connectivity index (χ4n) is 4.53. The highest BCUT2D eigenvalue weighted by Crippen LogP contribution is 2.27. The van der Waals surface area contributed by atoms with Gasteiger partial charge in [0.25, 0.3) is 15.9 Å². The summed E-state index contributed by atoms with van der Waals surface area (Å²) in [5.41, 5.74) is 0.459. The number of nitrogens with zero attached hydrogens (tertiary/aromatic N) is 5. The minimum Gasteiger partial charge on any atom is -0.380 e. The van der Waals surface area contributed by atoms with E-state index in [-0.39, 0.29) is 26.6 Å². The maximum Gasteiger partial charge on any atom is 0.278 e. The molecular weight excluding hydrogens is 581 g/mol. The van der Waals surface area contributed by atoms with Gasteiger partial charge >= 0.3 is 0 Å². The Bertz CT molecular complexity index is 1440. The van der Waals surface area contributed by atoms with Crippen LogP contribution in [0.2, 0.25) is 0 Å². The number of aromatic nitrogens is 1. The van der Waals surface area contributed by atoms with E-state index in [9.17, 15) is 21.6 Å². The van der Waals surface area contributed by atoms with Crippen molar-refractivity contribution in [2.75, 3.05) is 78.1 Å². The van der Waals surface area contributed by atoms with Crippen molar-refractivity contribution in [2.45, 2.75) is 20.8 Å². The average Bonchev–Trinajstić information content (AvgIpc) is 3.66. The lowest BCUT2D eigenvalue weighted by molar-refractivity contribution is -0.110. The number of hydrogen-bond donors (Lipinski definition) is 1. The van der Waals surface area contributed by atoms with Crippen molar-refractivity contribution in [3.05, 3.63) is 36.0 Å². The molecule has 218 valence electrons.